The van der Waals surface area contributed by atoms with Crippen LogP contribution in [0.5, 0.6) is 0 Å². The molecule has 2 heterocycles. The number of hydrogen-bond donors (Lipinski definition) is 0. The number of anilines is 1. The van der Waals surface area contributed by atoms with Gasteiger partial charge in [-0.25, -0.2) is 4.98 Å². The van der Waals surface area contributed by atoms with Crippen molar-refractivity contribution >= 4 is 22.2 Å². The summed E-state index contributed by atoms with van der Waals surface area (Å²) in [5.41, 5.74) is 4.58. The second-order valence-corrected chi connectivity index (χ2v) is 6.78. The van der Waals surface area contributed by atoms with Crippen molar-refractivity contribution in [3.05, 3.63) is 66.4 Å². The van der Waals surface area contributed by atoms with Crippen molar-refractivity contribution in [3.8, 4) is 11.3 Å². The molecule has 0 saturated heterocycles. The van der Waals surface area contributed by atoms with Crippen molar-refractivity contribution in [1.82, 2.24) is 9.38 Å². The predicted octanol–water partition coefficient (Wildman–Crippen LogP) is 5.70. The third-order valence-corrected chi connectivity index (χ3v) is 5.07. The smallest absolute Gasteiger partial charge is 0.147 e. The zero-order valence-corrected chi connectivity index (χ0v) is 15.7. The molecule has 0 atom stereocenters. The van der Waals surface area contributed by atoms with Gasteiger partial charge >= 0.3 is 0 Å². The Morgan fingerprint density at radius 2 is 1.73 bits per heavy atom. The van der Waals surface area contributed by atoms with Crippen LogP contribution in [0.2, 0.25) is 0 Å². The lowest BCUT2D eigenvalue weighted by Crippen LogP contribution is -2.25. The average Bonchev–Trinajstić information content (AvgIpc) is 3.06. The van der Waals surface area contributed by atoms with E-state index in [1.165, 1.54) is 27.7 Å². The number of pyridine rings is 1. The molecule has 0 spiro atoms. The van der Waals surface area contributed by atoms with E-state index < -0.39 is 0 Å². The first-order chi connectivity index (χ1) is 12.7. The molecule has 26 heavy (non-hydrogen) atoms. The lowest BCUT2D eigenvalue weighted by atomic mass is 10.1. The molecule has 0 amide bonds. The van der Waals surface area contributed by atoms with E-state index in [4.69, 9.17) is 4.98 Å². The summed E-state index contributed by atoms with van der Waals surface area (Å²) in [4.78, 5) is 7.59. The molecule has 2 aromatic heterocycles. The van der Waals surface area contributed by atoms with Crippen molar-refractivity contribution in [2.75, 3.05) is 18.0 Å². The fourth-order valence-electron chi connectivity index (χ4n) is 3.76. The normalized spacial score (nSPS) is 11.3. The van der Waals surface area contributed by atoms with Gasteiger partial charge in [0.1, 0.15) is 17.2 Å². The fourth-order valence-corrected chi connectivity index (χ4v) is 3.76. The molecule has 0 saturated carbocycles. The van der Waals surface area contributed by atoms with Gasteiger partial charge < -0.3 is 4.90 Å². The Hall–Kier alpha value is -2.81. The minimum atomic E-state index is 0.966. The van der Waals surface area contributed by atoms with Gasteiger partial charge in [0.25, 0.3) is 0 Å². The number of benzene rings is 2. The zero-order valence-electron chi connectivity index (χ0n) is 15.7. The van der Waals surface area contributed by atoms with Crippen LogP contribution in [0.4, 0.5) is 5.82 Å². The first kappa shape index (κ1) is 16.6. The highest BCUT2D eigenvalue weighted by Crippen LogP contribution is 2.35. The van der Waals surface area contributed by atoms with Crippen LogP contribution in [0.1, 0.15) is 25.8 Å². The molecule has 0 aliphatic rings. The number of nitrogens with zero attached hydrogens (tertiary/aromatic N) is 3. The Morgan fingerprint density at radius 3 is 2.50 bits per heavy atom. The summed E-state index contributed by atoms with van der Waals surface area (Å²) in [5.74, 6) is 1.20. The number of aromatic nitrogens is 2. The summed E-state index contributed by atoms with van der Waals surface area (Å²) in [7, 11) is 0. The first-order valence-electron chi connectivity index (χ1n) is 9.45. The lowest BCUT2D eigenvalue weighted by molar-refractivity contribution is 0.775. The second kappa shape index (κ2) is 6.83. The summed E-state index contributed by atoms with van der Waals surface area (Å²) < 4.78 is 2.27. The van der Waals surface area contributed by atoms with Crippen molar-refractivity contribution in [2.45, 2.75) is 27.2 Å². The molecule has 0 radical (unpaired) electrons. The van der Waals surface area contributed by atoms with Crippen molar-refractivity contribution in [3.63, 3.8) is 0 Å². The highest BCUT2D eigenvalue weighted by atomic mass is 15.2. The third-order valence-electron chi connectivity index (χ3n) is 5.07. The van der Waals surface area contributed by atoms with E-state index >= 15 is 0 Å². The molecular formula is C23H25N3. The standard InChI is InChI=1S/C23H25N3/c1-4-15-25(5-2)23-21(19-12-8-6-10-17(19)3)24-22-20-13-9-7-11-18(20)14-16-26(22)23/h6-14,16H,4-5,15H2,1-3H3. The summed E-state index contributed by atoms with van der Waals surface area (Å²) in [5, 5.41) is 2.43. The molecule has 0 bridgehead atoms. The maximum absolute atomic E-state index is 5.14. The molecule has 3 heteroatoms. The average molecular weight is 343 g/mol. The van der Waals surface area contributed by atoms with Crippen LogP contribution >= 0.6 is 0 Å². The van der Waals surface area contributed by atoms with Crippen LogP contribution in [-0.2, 0) is 0 Å². The van der Waals surface area contributed by atoms with Crippen LogP contribution in [-0.4, -0.2) is 22.5 Å². The molecule has 0 fully saturated rings. The molecule has 3 nitrogen and oxygen atoms in total. The van der Waals surface area contributed by atoms with Crippen molar-refractivity contribution in [1.29, 1.82) is 0 Å². The summed E-state index contributed by atoms with van der Waals surface area (Å²) in [6.07, 6.45) is 3.28. The van der Waals surface area contributed by atoms with Crippen LogP contribution in [0.15, 0.2) is 60.8 Å². The zero-order chi connectivity index (χ0) is 18.1. The Morgan fingerprint density at radius 1 is 0.962 bits per heavy atom. The lowest BCUT2D eigenvalue weighted by Gasteiger charge is -2.23. The van der Waals surface area contributed by atoms with E-state index in [0.29, 0.717) is 0 Å². The van der Waals surface area contributed by atoms with Gasteiger partial charge in [-0.2, -0.15) is 0 Å². The largest absolute Gasteiger partial charge is 0.356 e. The van der Waals surface area contributed by atoms with E-state index in [1.807, 2.05) is 0 Å². The maximum Gasteiger partial charge on any atom is 0.147 e. The summed E-state index contributed by atoms with van der Waals surface area (Å²) >= 11 is 0. The fraction of sp³-hybridized carbons (Fsp3) is 0.261. The highest BCUT2D eigenvalue weighted by Gasteiger charge is 2.20. The number of fused-ring (bicyclic) bond motifs is 3. The molecule has 0 aliphatic heterocycles. The summed E-state index contributed by atoms with van der Waals surface area (Å²) in [6, 6.07) is 19.2. The summed E-state index contributed by atoms with van der Waals surface area (Å²) in [6.45, 7) is 8.60. The Kier molecular flexibility index (Phi) is 4.37. The highest BCUT2D eigenvalue weighted by molar-refractivity contribution is 5.96. The van der Waals surface area contributed by atoms with E-state index in [-0.39, 0.29) is 0 Å². The van der Waals surface area contributed by atoms with E-state index in [0.717, 1.165) is 30.9 Å². The van der Waals surface area contributed by atoms with Crippen molar-refractivity contribution in [2.24, 2.45) is 0 Å². The van der Waals surface area contributed by atoms with Crippen LogP contribution in [0, 0.1) is 6.92 Å². The van der Waals surface area contributed by atoms with Gasteiger partial charge in [0, 0.05) is 30.2 Å². The van der Waals surface area contributed by atoms with Gasteiger partial charge in [-0.05, 0) is 37.3 Å². The van der Waals surface area contributed by atoms with E-state index in [1.54, 1.807) is 0 Å². The molecule has 2 aromatic carbocycles. The maximum atomic E-state index is 5.14. The number of hydrogen-bond acceptors (Lipinski definition) is 2. The molecule has 0 unspecified atom stereocenters. The van der Waals surface area contributed by atoms with E-state index in [2.05, 4.69) is 90.9 Å². The Labute approximate surface area is 154 Å². The van der Waals surface area contributed by atoms with Crippen molar-refractivity contribution < 1.29 is 0 Å². The monoisotopic (exact) mass is 343 g/mol. The van der Waals surface area contributed by atoms with Gasteiger partial charge in [-0.15, -0.1) is 0 Å². The number of rotatable bonds is 5. The quantitative estimate of drug-likeness (QED) is 0.463. The van der Waals surface area contributed by atoms with E-state index in [9.17, 15) is 0 Å². The second-order valence-electron chi connectivity index (χ2n) is 6.78. The van der Waals surface area contributed by atoms with Gasteiger partial charge in [0.15, 0.2) is 0 Å². The molecular weight excluding hydrogens is 318 g/mol. The third kappa shape index (κ3) is 2.64. The van der Waals surface area contributed by atoms with Crippen LogP contribution in [0.25, 0.3) is 27.7 Å². The SMILES string of the molecule is CCCN(CC)c1c(-c2ccccc2C)nc2c3ccccc3ccn12. The van der Waals surface area contributed by atoms with Crippen LogP contribution < -0.4 is 4.90 Å². The first-order valence-corrected chi connectivity index (χ1v) is 9.45. The van der Waals surface area contributed by atoms with Gasteiger partial charge in [-0.3, -0.25) is 4.40 Å². The molecule has 132 valence electrons. The number of aryl methyl sites for hydroxylation is 1. The Bertz CT molecular complexity index is 1060. The molecule has 4 aromatic rings. The molecule has 0 aliphatic carbocycles. The topological polar surface area (TPSA) is 20.5 Å². The van der Waals surface area contributed by atoms with Gasteiger partial charge in [0.2, 0.25) is 0 Å². The van der Waals surface area contributed by atoms with Crippen LogP contribution in [0.3, 0.4) is 0 Å². The predicted molar refractivity (Wildman–Crippen MR) is 111 cm³/mol. The minimum Gasteiger partial charge on any atom is -0.356 e. The molecule has 4 rings (SSSR count). The van der Waals surface area contributed by atoms with Gasteiger partial charge in [0.05, 0.1) is 0 Å². The van der Waals surface area contributed by atoms with Gasteiger partial charge in [-0.1, -0.05) is 55.5 Å². The molecule has 0 N–H and O–H groups in total. The Balaban J connectivity index is 2.08. The minimum absolute atomic E-state index is 0.966. The number of imidazole rings is 1.